The number of carbonyl (C=O) groups excluding carboxylic acids is 5. The highest BCUT2D eigenvalue weighted by Gasteiger charge is 2.27. The average molecular weight is 679 g/mol. The van der Waals surface area contributed by atoms with Crippen LogP contribution in [0.25, 0.3) is 0 Å². The van der Waals surface area contributed by atoms with Crippen molar-refractivity contribution in [2.45, 2.75) is 82.6 Å². The zero-order chi connectivity index (χ0) is 35.6. The molecule has 1 aliphatic rings. The molecule has 1 aliphatic heterocycles. The minimum absolute atomic E-state index is 0.0134. The number of fused-ring (bicyclic) bond motifs is 2. The first-order valence-electron chi connectivity index (χ1n) is 16.6. The topological polar surface area (TPSA) is 262 Å². The number of aliphatic imine (C=N–C) groups is 1. The molecular formula is C34H50N10O5. The van der Waals surface area contributed by atoms with Crippen molar-refractivity contribution in [3.05, 3.63) is 70.8 Å². The van der Waals surface area contributed by atoms with Crippen molar-refractivity contribution in [2.24, 2.45) is 27.9 Å². The summed E-state index contributed by atoms with van der Waals surface area (Å²) in [6.45, 7) is 0.894. The maximum atomic E-state index is 13.7. The Hall–Kier alpha value is -5.02. The van der Waals surface area contributed by atoms with Gasteiger partial charge in [-0.05, 0) is 67.3 Å². The molecule has 0 saturated carbocycles. The molecule has 0 unspecified atom stereocenters. The van der Waals surface area contributed by atoms with Crippen LogP contribution in [0.3, 0.4) is 0 Å². The molecule has 15 heteroatoms. The van der Waals surface area contributed by atoms with Crippen LogP contribution < -0.4 is 49.5 Å². The lowest BCUT2D eigenvalue weighted by Gasteiger charge is -2.24. The van der Waals surface area contributed by atoms with E-state index in [9.17, 15) is 24.0 Å². The molecule has 0 aliphatic carbocycles. The van der Waals surface area contributed by atoms with Crippen LogP contribution in [0.15, 0.2) is 53.5 Å². The zero-order valence-corrected chi connectivity index (χ0v) is 27.8. The molecule has 49 heavy (non-hydrogen) atoms. The van der Waals surface area contributed by atoms with Crippen LogP contribution in [-0.2, 0) is 49.9 Å². The molecular weight excluding hydrogens is 628 g/mol. The second-order valence-corrected chi connectivity index (χ2v) is 12.0. The van der Waals surface area contributed by atoms with Crippen molar-refractivity contribution in [2.75, 3.05) is 19.6 Å². The number of amides is 5. The molecule has 2 aromatic rings. The van der Waals surface area contributed by atoms with Gasteiger partial charge in [0.05, 0.1) is 13.0 Å². The van der Waals surface area contributed by atoms with Gasteiger partial charge < -0.3 is 49.5 Å². The van der Waals surface area contributed by atoms with E-state index in [1.807, 2.05) is 24.3 Å². The van der Waals surface area contributed by atoms with Crippen molar-refractivity contribution in [1.82, 2.24) is 26.6 Å². The average Bonchev–Trinajstić information content (AvgIpc) is 3.07. The van der Waals surface area contributed by atoms with E-state index in [2.05, 4.69) is 31.6 Å². The minimum Gasteiger partial charge on any atom is -0.370 e. The highest BCUT2D eigenvalue weighted by atomic mass is 16.2. The van der Waals surface area contributed by atoms with Gasteiger partial charge in [-0.3, -0.25) is 24.0 Å². The monoisotopic (exact) mass is 678 g/mol. The summed E-state index contributed by atoms with van der Waals surface area (Å²) >= 11 is 0. The number of rotatable bonds is 8. The lowest BCUT2D eigenvalue weighted by atomic mass is 10.0. The van der Waals surface area contributed by atoms with Crippen molar-refractivity contribution in [1.29, 1.82) is 0 Å². The second kappa shape index (κ2) is 20.4. The molecule has 3 rings (SSSR count). The molecule has 0 aromatic heterocycles. The van der Waals surface area contributed by atoms with Crippen LogP contribution in [0.1, 0.15) is 60.8 Å². The summed E-state index contributed by atoms with van der Waals surface area (Å²) in [7, 11) is 0. The standard InChI is InChI=1S/C34H50N10O5/c35-13-3-1-11-27-33(49)43-28(17-22-7-5-9-24(15-22)19-36)32(48)39-14-4-2-12-26(44-34(37)38)31(47)41-21-30(46)40-20-25-10-6-8-23(16-25)18-29(45)42-27/h5-10,15-16,26-28H,1-4,11-14,17-21,35-36H2,(H,39,48)(H,40,46)(H,41,47)(H,42,45)(H,43,49)(H4,37,38,44)/t26-,27+,28+/m1/s1. The van der Waals surface area contributed by atoms with Gasteiger partial charge >= 0.3 is 0 Å². The Morgan fingerprint density at radius 2 is 1.49 bits per heavy atom. The van der Waals surface area contributed by atoms with Crippen LogP contribution in [0.2, 0.25) is 0 Å². The van der Waals surface area contributed by atoms with Gasteiger partial charge in [0.15, 0.2) is 5.96 Å². The normalized spacial score (nSPS) is 20.5. The minimum atomic E-state index is -0.946. The van der Waals surface area contributed by atoms with E-state index in [4.69, 9.17) is 22.9 Å². The van der Waals surface area contributed by atoms with E-state index in [0.717, 1.165) is 16.7 Å². The third-order valence-corrected chi connectivity index (χ3v) is 7.98. The predicted molar refractivity (Wildman–Crippen MR) is 186 cm³/mol. The number of nitrogens with one attached hydrogen (secondary N) is 5. The number of hydrogen-bond acceptors (Lipinski definition) is 8. The molecule has 1 heterocycles. The summed E-state index contributed by atoms with van der Waals surface area (Å²) in [5.74, 6) is -2.46. The van der Waals surface area contributed by atoms with Crippen LogP contribution in [0, 0.1) is 0 Å². The van der Waals surface area contributed by atoms with Gasteiger partial charge in [-0.15, -0.1) is 0 Å². The number of carbonyl (C=O) groups is 5. The van der Waals surface area contributed by atoms with E-state index in [1.165, 1.54) is 0 Å². The predicted octanol–water partition coefficient (Wildman–Crippen LogP) is -1.30. The molecule has 0 radical (unpaired) electrons. The molecule has 266 valence electrons. The van der Waals surface area contributed by atoms with E-state index < -0.39 is 41.8 Å². The Kier molecular flexibility index (Phi) is 16.0. The lowest BCUT2D eigenvalue weighted by molar-refractivity contribution is -0.132. The Bertz CT molecular complexity index is 1460. The fraction of sp³-hybridized carbons (Fsp3) is 0.471. The van der Waals surface area contributed by atoms with E-state index in [0.29, 0.717) is 50.8 Å². The summed E-state index contributed by atoms with van der Waals surface area (Å²) in [5.41, 5.74) is 25.7. The summed E-state index contributed by atoms with van der Waals surface area (Å²) in [6.07, 6.45) is 3.00. The molecule has 0 spiro atoms. The van der Waals surface area contributed by atoms with Gasteiger partial charge in [0.1, 0.15) is 18.1 Å². The Morgan fingerprint density at radius 1 is 0.735 bits per heavy atom. The summed E-state index contributed by atoms with van der Waals surface area (Å²) in [4.78, 5) is 69.8. The smallest absolute Gasteiger partial charge is 0.245 e. The SMILES string of the molecule is NCCCC[C@@H]1NC(=O)Cc2cccc(c2)CNC(=O)CNC(=O)[C@H](N=C(N)N)CCCCNC(=O)[C@H](Cc2cccc(CN)c2)NC1=O. The van der Waals surface area contributed by atoms with Crippen molar-refractivity contribution < 1.29 is 24.0 Å². The number of hydrogen-bond donors (Lipinski definition) is 9. The first-order valence-corrected chi connectivity index (χ1v) is 16.6. The number of unbranched alkanes of at least 4 members (excludes halogenated alkanes) is 1. The van der Waals surface area contributed by atoms with Crippen LogP contribution >= 0.6 is 0 Å². The summed E-state index contributed by atoms with van der Waals surface area (Å²) in [6, 6.07) is 11.8. The van der Waals surface area contributed by atoms with E-state index in [1.54, 1.807) is 24.3 Å². The molecule has 0 fully saturated rings. The van der Waals surface area contributed by atoms with Crippen LogP contribution in [0.4, 0.5) is 0 Å². The fourth-order valence-corrected chi connectivity index (χ4v) is 5.42. The number of nitrogens with zero attached hydrogens (tertiary/aromatic N) is 1. The Labute approximate surface area is 286 Å². The third-order valence-electron chi connectivity index (χ3n) is 7.98. The largest absolute Gasteiger partial charge is 0.370 e. The van der Waals surface area contributed by atoms with Gasteiger partial charge in [0, 0.05) is 26.1 Å². The molecule has 3 atom stereocenters. The molecule has 13 N–H and O–H groups in total. The number of nitrogens with two attached hydrogens (primary N) is 4. The van der Waals surface area contributed by atoms with Gasteiger partial charge in [-0.1, -0.05) is 48.5 Å². The second-order valence-electron chi connectivity index (χ2n) is 12.0. The lowest BCUT2D eigenvalue weighted by Crippen LogP contribution is -2.54. The molecule has 15 nitrogen and oxygen atoms in total. The Morgan fingerprint density at radius 3 is 2.24 bits per heavy atom. The summed E-state index contributed by atoms with van der Waals surface area (Å²) < 4.78 is 0. The van der Waals surface area contributed by atoms with Gasteiger partial charge in [0.25, 0.3) is 0 Å². The van der Waals surface area contributed by atoms with Crippen molar-refractivity contribution >= 4 is 35.5 Å². The number of benzene rings is 2. The first-order chi connectivity index (χ1) is 23.6. The van der Waals surface area contributed by atoms with Gasteiger partial charge in [-0.2, -0.15) is 0 Å². The van der Waals surface area contributed by atoms with Crippen molar-refractivity contribution in [3.63, 3.8) is 0 Å². The molecule has 2 bridgehead atoms. The Balaban J connectivity index is 1.87. The van der Waals surface area contributed by atoms with Gasteiger partial charge in [-0.25, -0.2) is 4.99 Å². The highest BCUT2D eigenvalue weighted by Crippen LogP contribution is 2.11. The van der Waals surface area contributed by atoms with Crippen LogP contribution in [0.5, 0.6) is 0 Å². The van der Waals surface area contributed by atoms with Gasteiger partial charge in [0.2, 0.25) is 29.5 Å². The number of guanidine groups is 1. The summed E-state index contributed by atoms with van der Waals surface area (Å²) in [5, 5.41) is 13.9. The molecule has 2 aromatic carbocycles. The first kappa shape index (κ1) is 38.4. The quantitative estimate of drug-likeness (QED) is 0.0912. The van der Waals surface area contributed by atoms with Crippen LogP contribution in [-0.4, -0.2) is 73.3 Å². The molecule has 0 saturated heterocycles. The third kappa shape index (κ3) is 13.9. The molecule has 5 amide bonds. The maximum absolute atomic E-state index is 13.7. The maximum Gasteiger partial charge on any atom is 0.245 e. The fourth-order valence-electron chi connectivity index (χ4n) is 5.42. The van der Waals surface area contributed by atoms with E-state index >= 15 is 0 Å². The van der Waals surface area contributed by atoms with E-state index in [-0.39, 0.29) is 50.8 Å². The zero-order valence-electron chi connectivity index (χ0n) is 27.8. The van der Waals surface area contributed by atoms with Crippen molar-refractivity contribution in [3.8, 4) is 0 Å². The highest BCUT2D eigenvalue weighted by molar-refractivity contribution is 5.92.